The second-order valence-corrected chi connectivity index (χ2v) is 3.87. The molecule has 0 aromatic carbocycles. The summed E-state index contributed by atoms with van der Waals surface area (Å²) in [4.78, 5) is 11.3. The normalized spacial score (nSPS) is 13.5. The fraction of sp³-hybridized carbons (Fsp3) is 0.700. The van der Waals surface area contributed by atoms with E-state index >= 15 is 0 Å². The Morgan fingerprint density at radius 1 is 1.46 bits per heavy atom. The maximum absolute atomic E-state index is 11.3. The highest BCUT2D eigenvalue weighted by atomic mass is 16.5. The molecule has 0 aliphatic heterocycles. The van der Waals surface area contributed by atoms with Crippen LogP contribution in [0.1, 0.15) is 27.7 Å². The lowest BCUT2D eigenvalue weighted by molar-refractivity contribution is -0.117. The fourth-order valence-electron chi connectivity index (χ4n) is 0.612. The van der Waals surface area contributed by atoms with Crippen molar-refractivity contribution in [1.82, 2.24) is 0 Å². The summed E-state index contributed by atoms with van der Waals surface area (Å²) in [5, 5.41) is 0. The highest BCUT2D eigenvalue weighted by Gasteiger charge is 2.21. The number of allylic oxidation sites excluding steroid dienone is 1. The first-order valence-electron chi connectivity index (χ1n) is 4.38. The summed E-state index contributed by atoms with van der Waals surface area (Å²) in [5.74, 6) is 0.00818. The van der Waals surface area contributed by atoms with Crippen molar-refractivity contribution in [3.8, 4) is 0 Å². The van der Waals surface area contributed by atoms with Gasteiger partial charge in [0.2, 0.25) is 0 Å². The van der Waals surface area contributed by atoms with Crippen LogP contribution >= 0.6 is 0 Å². The Balaban J connectivity index is 4.59. The smallest absolute Gasteiger partial charge is 0.160 e. The quantitative estimate of drug-likeness (QED) is 0.675. The van der Waals surface area contributed by atoms with Gasteiger partial charge in [-0.1, -0.05) is 13.8 Å². The molecule has 3 heteroatoms. The molecule has 0 aromatic rings. The van der Waals surface area contributed by atoms with Gasteiger partial charge in [0.25, 0.3) is 0 Å². The summed E-state index contributed by atoms with van der Waals surface area (Å²) in [6.45, 7) is 7.33. The lowest BCUT2D eigenvalue weighted by Gasteiger charge is -2.23. The number of hydrogen-bond donors (Lipinski definition) is 1. The molecule has 13 heavy (non-hydrogen) atoms. The molecular formula is C10H19NO2. The first-order chi connectivity index (χ1) is 5.81. The molecule has 0 fully saturated rings. The number of hydrogen-bond acceptors (Lipinski definition) is 3. The topological polar surface area (TPSA) is 52.3 Å². The van der Waals surface area contributed by atoms with Crippen LogP contribution in [0.5, 0.6) is 0 Å². The van der Waals surface area contributed by atoms with Crippen LogP contribution in [-0.2, 0) is 9.53 Å². The Morgan fingerprint density at radius 3 is 2.23 bits per heavy atom. The molecule has 0 atom stereocenters. The number of carbonyl (C=O) groups excluding carboxylic acids is 1. The van der Waals surface area contributed by atoms with E-state index in [1.54, 1.807) is 7.11 Å². The number of carbonyl (C=O) groups is 1. The maximum Gasteiger partial charge on any atom is 0.160 e. The highest BCUT2D eigenvalue weighted by Crippen LogP contribution is 2.15. The van der Waals surface area contributed by atoms with E-state index in [0.717, 1.165) is 0 Å². The summed E-state index contributed by atoms with van der Waals surface area (Å²) < 4.78 is 5.13. The lowest BCUT2D eigenvalue weighted by atomic mass is 10.0. The third kappa shape index (κ3) is 3.59. The van der Waals surface area contributed by atoms with Crippen molar-refractivity contribution in [1.29, 1.82) is 0 Å². The van der Waals surface area contributed by atoms with Crippen LogP contribution in [-0.4, -0.2) is 18.5 Å². The van der Waals surface area contributed by atoms with Crippen molar-refractivity contribution in [2.45, 2.75) is 33.3 Å². The largest absolute Gasteiger partial charge is 0.400 e. The summed E-state index contributed by atoms with van der Waals surface area (Å²) in [6, 6.07) is 0. The number of rotatable bonds is 4. The van der Waals surface area contributed by atoms with Gasteiger partial charge < -0.3 is 10.5 Å². The van der Waals surface area contributed by atoms with E-state index in [1.165, 1.54) is 6.08 Å². The monoisotopic (exact) mass is 185 g/mol. The Kier molecular flexibility index (Phi) is 4.14. The van der Waals surface area contributed by atoms with Crippen molar-refractivity contribution < 1.29 is 9.53 Å². The zero-order valence-corrected chi connectivity index (χ0v) is 9.05. The zero-order chi connectivity index (χ0) is 10.6. The van der Waals surface area contributed by atoms with Crippen molar-refractivity contribution in [2.75, 3.05) is 7.11 Å². The molecule has 0 aliphatic carbocycles. The molecule has 76 valence electrons. The Labute approximate surface area is 79.9 Å². The third-order valence-electron chi connectivity index (χ3n) is 2.07. The average molecular weight is 185 g/mol. The Bertz CT molecular complexity index is 217. The molecule has 0 radical (unpaired) electrons. The van der Waals surface area contributed by atoms with Gasteiger partial charge in [0, 0.05) is 24.8 Å². The van der Waals surface area contributed by atoms with Gasteiger partial charge in [0.05, 0.1) is 0 Å². The van der Waals surface area contributed by atoms with Gasteiger partial charge in [-0.3, -0.25) is 4.79 Å². The predicted molar refractivity (Wildman–Crippen MR) is 53.2 cm³/mol. The first-order valence-corrected chi connectivity index (χ1v) is 4.38. The van der Waals surface area contributed by atoms with E-state index in [1.807, 2.05) is 27.7 Å². The first kappa shape index (κ1) is 12.2. The maximum atomic E-state index is 11.3. The molecule has 0 amide bonds. The van der Waals surface area contributed by atoms with Gasteiger partial charge in [-0.25, -0.2) is 0 Å². The van der Waals surface area contributed by atoms with Crippen LogP contribution < -0.4 is 5.73 Å². The molecule has 0 heterocycles. The summed E-state index contributed by atoms with van der Waals surface area (Å²) in [6.07, 6.45) is 1.45. The van der Waals surface area contributed by atoms with E-state index in [2.05, 4.69) is 0 Å². The van der Waals surface area contributed by atoms with Crippen molar-refractivity contribution in [3.05, 3.63) is 11.8 Å². The predicted octanol–water partition coefficient (Wildman–Crippen LogP) is 1.48. The van der Waals surface area contributed by atoms with Crippen molar-refractivity contribution >= 4 is 5.78 Å². The molecule has 0 unspecified atom stereocenters. The standard InChI is InChI=1S/C10H19NO2/c1-7(2)8(12)6-9(11)10(3,4)13-5/h6-7H,11H2,1-5H3/b9-6+. The number of ketones is 1. The molecule has 0 saturated heterocycles. The van der Waals surface area contributed by atoms with Gasteiger partial charge in [-0.15, -0.1) is 0 Å². The Hall–Kier alpha value is -0.830. The van der Waals surface area contributed by atoms with Crippen LogP contribution in [0, 0.1) is 5.92 Å². The third-order valence-corrected chi connectivity index (χ3v) is 2.07. The number of nitrogens with two attached hydrogens (primary N) is 1. The second-order valence-electron chi connectivity index (χ2n) is 3.87. The molecule has 3 nitrogen and oxygen atoms in total. The lowest BCUT2D eigenvalue weighted by Crippen LogP contribution is -2.31. The second kappa shape index (κ2) is 4.42. The van der Waals surface area contributed by atoms with Gasteiger partial charge in [0.1, 0.15) is 5.60 Å². The molecule has 0 saturated carbocycles. The minimum atomic E-state index is -0.565. The molecule has 2 N–H and O–H groups in total. The molecular weight excluding hydrogens is 166 g/mol. The SMILES string of the molecule is COC(C)(C)/C(N)=C\C(=O)C(C)C. The number of methoxy groups -OCH3 is 1. The minimum absolute atomic E-state index is 0.0220. The van der Waals surface area contributed by atoms with E-state index in [0.29, 0.717) is 5.70 Å². The van der Waals surface area contributed by atoms with Crippen LogP contribution in [0.2, 0.25) is 0 Å². The fourth-order valence-corrected chi connectivity index (χ4v) is 0.612. The Morgan fingerprint density at radius 2 is 1.92 bits per heavy atom. The van der Waals surface area contributed by atoms with Gasteiger partial charge >= 0.3 is 0 Å². The summed E-state index contributed by atoms with van der Waals surface area (Å²) >= 11 is 0. The van der Waals surface area contributed by atoms with Gasteiger partial charge in [0.15, 0.2) is 5.78 Å². The van der Waals surface area contributed by atoms with Crippen LogP contribution in [0.4, 0.5) is 0 Å². The molecule has 0 aromatic heterocycles. The van der Waals surface area contributed by atoms with Crippen LogP contribution in [0.15, 0.2) is 11.8 Å². The minimum Gasteiger partial charge on any atom is -0.400 e. The van der Waals surface area contributed by atoms with E-state index < -0.39 is 5.60 Å². The van der Waals surface area contributed by atoms with E-state index in [4.69, 9.17) is 10.5 Å². The van der Waals surface area contributed by atoms with Crippen LogP contribution in [0.3, 0.4) is 0 Å². The van der Waals surface area contributed by atoms with Gasteiger partial charge in [-0.2, -0.15) is 0 Å². The van der Waals surface area contributed by atoms with E-state index in [9.17, 15) is 4.79 Å². The van der Waals surface area contributed by atoms with E-state index in [-0.39, 0.29) is 11.7 Å². The highest BCUT2D eigenvalue weighted by molar-refractivity contribution is 5.91. The molecule has 0 rings (SSSR count). The van der Waals surface area contributed by atoms with Crippen LogP contribution in [0.25, 0.3) is 0 Å². The number of ether oxygens (including phenoxy) is 1. The van der Waals surface area contributed by atoms with Crippen molar-refractivity contribution in [3.63, 3.8) is 0 Å². The molecule has 0 spiro atoms. The zero-order valence-electron chi connectivity index (χ0n) is 9.05. The van der Waals surface area contributed by atoms with Gasteiger partial charge in [-0.05, 0) is 13.8 Å². The average Bonchev–Trinajstić information content (AvgIpc) is 2.04. The molecule has 0 bridgehead atoms. The summed E-state index contributed by atoms with van der Waals surface area (Å²) in [7, 11) is 1.57. The summed E-state index contributed by atoms with van der Waals surface area (Å²) in [5.41, 5.74) is 5.62. The molecule has 0 aliphatic rings. The van der Waals surface area contributed by atoms with Crippen molar-refractivity contribution in [2.24, 2.45) is 11.7 Å².